The SMILES string of the molecule is COc1ccc(C(=O)NC(C)(C)CC(C)(C)COC(c2ccccc2)(c2ccc(OC)cc2)c2ccc(OC)cc2)cc1. The molecule has 43 heavy (non-hydrogen) atoms. The summed E-state index contributed by atoms with van der Waals surface area (Å²) in [5, 5.41) is 3.22. The minimum absolute atomic E-state index is 0.125. The summed E-state index contributed by atoms with van der Waals surface area (Å²) in [4.78, 5) is 13.1. The molecule has 0 atom stereocenters. The van der Waals surface area contributed by atoms with Crippen LogP contribution in [0.3, 0.4) is 0 Å². The largest absolute Gasteiger partial charge is 0.497 e. The second kappa shape index (κ2) is 13.3. The molecular formula is C37H43NO5. The highest BCUT2D eigenvalue weighted by atomic mass is 16.5. The van der Waals surface area contributed by atoms with E-state index in [2.05, 4.69) is 55.6 Å². The molecule has 4 rings (SSSR count). The molecule has 0 unspecified atom stereocenters. The Morgan fingerprint density at radius 2 is 1.02 bits per heavy atom. The van der Waals surface area contributed by atoms with Crippen LogP contribution in [0.2, 0.25) is 0 Å². The fraction of sp³-hybridized carbons (Fsp3) is 0.324. The van der Waals surface area contributed by atoms with E-state index in [9.17, 15) is 4.79 Å². The first-order valence-electron chi connectivity index (χ1n) is 14.5. The van der Waals surface area contributed by atoms with Gasteiger partial charge in [0.15, 0.2) is 0 Å². The number of benzene rings is 4. The smallest absolute Gasteiger partial charge is 0.251 e. The van der Waals surface area contributed by atoms with Gasteiger partial charge in [-0.3, -0.25) is 4.79 Å². The lowest BCUT2D eigenvalue weighted by Gasteiger charge is -2.41. The van der Waals surface area contributed by atoms with Gasteiger partial charge in [-0.1, -0.05) is 68.4 Å². The molecule has 0 aliphatic rings. The highest BCUT2D eigenvalue weighted by Gasteiger charge is 2.40. The molecule has 226 valence electrons. The predicted octanol–water partition coefficient (Wildman–Crippen LogP) is 7.65. The van der Waals surface area contributed by atoms with E-state index in [1.807, 2.05) is 56.3 Å². The van der Waals surface area contributed by atoms with Gasteiger partial charge in [-0.25, -0.2) is 0 Å². The molecule has 1 amide bonds. The van der Waals surface area contributed by atoms with Crippen molar-refractivity contribution in [2.75, 3.05) is 27.9 Å². The summed E-state index contributed by atoms with van der Waals surface area (Å²) in [7, 11) is 4.94. The van der Waals surface area contributed by atoms with Crippen molar-refractivity contribution in [1.82, 2.24) is 5.32 Å². The van der Waals surface area contributed by atoms with E-state index in [0.717, 1.165) is 28.2 Å². The summed E-state index contributed by atoms with van der Waals surface area (Å²) < 4.78 is 23.3. The topological polar surface area (TPSA) is 66.0 Å². The number of amides is 1. The molecule has 0 aliphatic carbocycles. The number of methoxy groups -OCH3 is 3. The lowest BCUT2D eigenvalue weighted by molar-refractivity contribution is -0.0387. The monoisotopic (exact) mass is 581 g/mol. The number of hydrogen-bond donors (Lipinski definition) is 1. The Morgan fingerprint density at radius 1 is 0.605 bits per heavy atom. The number of ether oxygens (including phenoxy) is 4. The number of carbonyl (C=O) groups is 1. The van der Waals surface area contributed by atoms with E-state index in [0.29, 0.717) is 24.3 Å². The minimum atomic E-state index is -0.909. The first kappa shape index (κ1) is 31.6. The van der Waals surface area contributed by atoms with Gasteiger partial charge in [-0.05, 0) is 90.9 Å². The van der Waals surface area contributed by atoms with Crippen molar-refractivity contribution in [3.8, 4) is 17.2 Å². The number of nitrogens with one attached hydrogen (secondary N) is 1. The molecule has 4 aromatic carbocycles. The zero-order chi connectivity index (χ0) is 31.1. The first-order valence-corrected chi connectivity index (χ1v) is 14.5. The van der Waals surface area contributed by atoms with Crippen molar-refractivity contribution in [2.24, 2.45) is 5.41 Å². The summed E-state index contributed by atoms with van der Waals surface area (Å²) in [6, 6.07) is 33.5. The molecule has 0 spiro atoms. The van der Waals surface area contributed by atoms with Crippen LogP contribution in [0.15, 0.2) is 103 Å². The van der Waals surface area contributed by atoms with Crippen LogP contribution in [-0.4, -0.2) is 39.4 Å². The number of carbonyl (C=O) groups excluding carboxylic acids is 1. The summed E-state index contributed by atoms with van der Waals surface area (Å²) in [6.07, 6.45) is 0.679. The average Bonchev–Trinajstić information content (AvgIpc) is 3.01. The Hall–Kier alpha value is -4.29. The van der Waals surface area contributed by atoms with Gasteiger partial charge >= 0.3 is 0 Å². The van der Waals surface area contributed by atoms with Crippen LogP contribution in [0.5, 0.6) is 17.2 Å². The molecule has 4 aromatic rings. The van der Waals surface area contributed by atoms with E-state index in [4.69, 9.17) is 18.9 Å². The van der Waals surface area contributed by atoms with E-state index in [1.165, 1.54) is 0 Å². The van der Waals surface area contributed by atoms with Gasteiger partial charge in [0.05, 0.1) is 27.9 Å². The third-order valence-electron chi connectivity index (χ3n) is 7.58. The van der Waals surface area contributed by atoms with Crippen LogP contribution >= 0.6 is 0 Å². The van der Waals surface area contributed by atoms with Crippen LogP contribution in [0, 0.1) is 5.41 Å². The normalized spacial score (nSPS) is 12.0. The molecule has 0 saturated carbocycles. The van der Waals surface area contributed by atoms with Crippen molar-refractivity contribution in [2.45, 2.75) is 45.3 Å². The first-order chi connectivity index (χ1) is 20.5. The Labute approximate surface area is 256 Å². The van der Waals surface area contributed by atoms with Gasteiger partial charge in [0.1, 0.15) is 22.8 Å². The summed E-state index contributed by atoms with van der Waals surface area (Å²) in [5.41, 5.74) is 1.83. The second-order valence-corrected chi connectivity index (χ2v) is 12.2. The number of rotatable bonds is 13. The van der Waals surface area contributed by atoms with Crippen LogP contribution in [0.25, 0.3) is 0 Å². The summed E-state index contributed by atoms with van der Waals surface area (Å²) in [5.74, 6) is 2.13. The molecule has 6 nitrogen and oxygen atoms in total. The predicted molar refractivity (Wildman–Crippen MR) is 171 cm³/mol. The van der Waals surface area contributed by atoms with E-state index < -0.39 is 11.1 Å². The molecular weight excluding hydrogens is 538 g/mol. The molecule has 6 heteroatoms. The maximum absolute atomic E-state index is 13.1. The van der Waals surface area contributed by atoms with Crippen molar-refractivity contribution >= 4 is 5.91 Å². The van der Waals surface area contributed by atoms with Gasteiger partial charge < -0.3 is 24.3 Å². The highest BCUT2D eigenvalue weighted by molar-refractivity contribution is 5.94. The van der Waals surface area contributed by atoms with Gasteiger partial charge in [0.25, 0.3) is 5.91 Å². The fourth-order valence-corrected chi connectivity index (χ4v) is 5.79. The van der Waals surface area contributed by atoms with Crippen LogP contribution in [-0.2, 0) is 10.3 Å². The third kappa shape index (κ3) is 7.57. The van der Waals surface area contributed by atoms with Crippen LogP contribution in [0.1, 0.15) is 61.2 Å². The summed E-state index contributed by atoms with van der Waals surface area (Å²) >= 11 is 0. The van der Waals surface area contributed by atoms with Gasteiger partial charge in [-0.15, -0.1) is 0 Å². The zero-order valence-corrected chi connectivity index (χ0v) is 26.3. The molecule has 0 aromatic heterocycles. The molecule has 0 bridgehead atoms. The van der Waals surface area contributed by atoms with E-state index in [-0.39, 0.29) is 11.3 Å². The Balaban J connectivity index is 1.66. The highest BCUT2D eigenvalue weighted by Crippen LogP contribution is 2.43. The Kier molecular flexibility index (Phi) is 9.82. The molecule has 0 saturated heterocycles. The molecule has 1 N–H and O–H groups in total. The van der Waals surface area contributed by atoms with Gasteiger partial charge in [-0.2, -0.15) is 0 Å². The summed E-state index contributed by atoms with van der Waals surface area (Å²) in [6.45, 7) is 8.86. The quantitative estimate of drug-likeness (QED) is 0.164. The maximum Gasteiger partial charge on any atom is 0.251 e. The fourth-order valence-electron chi connectivity index (χ4n) is 5.79. The minimum Gasteiger partial charge on any atom is -0.497 e. The zero-order valence-electron chi connectivity index (χ0n) is 26.3. The Morgan fingerprint density at radius 3 is 1.47 bits per heavy atom. The lowest BCUT2D eigenvalue weighted by atomic mass is 9.78. The Bertz CT molecular complexity index is 1410. The standard InChI is InChI=1S/C37H43NO5/c1-35(2,25-36(3,4)38-34(39)27-13-19-31(40-5)20-14-27)26-43-37(28-11-9-8-10-12-28,29-15-21-32(41-6)22-16-29)30-17-23-33(42-7)24-18-30/h8-24H,25-26H2,1-7H3,(H,38,39). The van der Waals surface area contributed by atoms with Crippen molar-refractivity contribution in [3.05, 3.63) is 125 Å². The van der Waals surface area contributed by atoms with Crippen LogP contribution < -0.4 is 19.5 Å². The number of hydrogen-bond acceptors (Lipinski definition) is 5. The van der Waals surface area contributed by atoms with Crippen molar-refractivity contribution < 1.29 is 23.7 Å². The lowest BCUT2D eigenvalue weighted by Crippen LogP contribution is -2.47. The van der Waals surface area contributed by atoms with Crippen molar-refractivity contribution in [3.63, 3.8) is 0 Å². The van der Waals surface area contributed by atoms with Gasteiger partial charge in [0, 0.05) is 11.1 Å². The van der Waals surface area contributed by atoms with Gasteiger partial charge in [0.2, 0.25) is 0 Å². The molecule has 0 aliphatic heterocycles. The van der Waals surface area contributed by atoms with E-state index >= 15 is 0 Å². The average molecular weight is 582 g/mol. The third-order valence-corrected chi connectivity index (χ3v) is 7.58. The maximum atomic E-state index is 13.1. The van der Waals surface area contributed by atoms with Crippen LogP contribution in [0.4, 0.5) is 0 Å². The molecule has 0 heterocycles. The second-order valence-electron chi connectivity index (χ2n) is 12.2. The molecule has 0 radical (unpaired) electrons. The molecule has 0 fully saturated rings. The van der Waals surface area contributed by atoms with Crippen molar-refractivity contribution in [1.29, 1.82) is 0 Å². The van der Waals surface area contributed by atoms with E-state index in [1.54, 1.807) is 45.6 Å².